The summed E-state index contributed by atoms with van der Waals surface area (Å²) in [4.78, 5) is 22.3. The maximum Gasteiger partial charge on any atom is 0.250 e. The quantitative estimate of drug-likeness (QED) is 0.457. The van der Waals surface area contributed by atoms with E-state index in [1.165, 1.54) is 7.11 Å². The van der Waals surface area contributed by atoms with Gasteiger partial charge in [-0.15, -0.1) is 0 Å². The molecular formula is C24H27N5O3S. The molecule has 3 aromatic rings. The van der Waals surface area contributed by atoms with Gasteiger partial charge >= 0.3 is 0 Å². The molecule has 1 fully saturated rings. The van der Waals surface area contributed by atoms with Crippen molar-refractivity contribution < 1.29 is 14.3 Å². The lowest BCUT2D eigenvalue weighted by atomic mass is 9.96. The summed E-state index contributed by atoms with van der Waals surface area (Å²) in [5.74, 6) is 0.280. The molecule has 2 atom stereocenters. The lowest BCUT2D eigenvalue weighted by molar-refractivity contribution is -0.119. The normalized spacial score (nSPS) is 17.7. The zero-order chi connectivity index (χ0) is 23.5. The third-order valence-electron chi connectivity index (χ3n) is 5.62. The molecule has 4 rings (SSSR count). The third kappa shape index (κ3) is 4.55. The van der Waals surface area contributed by atoms with Gasteiger partial charge < -0.3 is 30.0 Å². The highest BCUT2D eigenvalue weighted by Gasteiger charge is 2.42. The number of carbonyl (C=O) groups excluding carboxylic acids is 1. The fraction of sp³-hybridized carbons (Fsp3) is 0.292. The maximum absolute atomic E-state index is 12.2. The number of pyridine rings is 1. The Hall–Kier alpha value is -3.43. The van der Waals surface area contributed by atoms with Gasteiger partial charge in [-0.2, -0.15) is 0 Å². The van der Waals surface area contributed by atoms with Crippen molar-refractivity contribution in [3.8, 4) is 5.75 Å². The summed E-state index contributed by atoms with van der Waals surface area (Å²) in [5, 5.41) is 6.89. The summed E-state index contributed by atoms with van der Waals surface area (Å²) in [7, 11) is 3.04. The van der Waals surface area contributed by atoms with E-state index in [9.17, 15) is 4.79 Å². The number of aromatic amines is 1. The average Bonchev–Trinajstić information content (AvgIpc) is 3.32. The number of aryl methyl sites for hydroxylation is 2. The molecule has 2 aromatic heterocycles. The Labute approximate surface area is 198 Å². The SMILES string of the molecule is COCC(=O)Nc1cc(N2C(=S)N[C@H](c3ccccn3)[C@H]2c2cc(C)[nH]c2C)ccc1OC. The topological polar surface area (TPSA) is 91.5 Å². The summed E-state index contributed by atoms with van der Waals surface area (Å²) < 4.78 is 10.4. The second-order valence-electron chi connectivity index (χ2n) is 7.90. The number of aromatic nitrogens is 2. The monoisotopic (exact) mass is 465 g/mol. The number of benzene rings is 1. The minimum atomic E-state index is -0.268. The van der Waals surface area contributed by atoms with Gasteiger partial charge in [0, 0.05) is 30.4 Å². The van der Waals surface area contributed by atoms with Gasteiger partial charge in [-0.25, -0.2) is 0 Å². The third-order valence-corrected chi connectivity index (χ3v) is 5.93. The number of ether oxygens (including phenoxy) is 2. The number of carbonyl (C=O) groups is 1. The van der Waals surface area contributed by atoms with Crippen molar-refractivity contribution in [2.75, 3.05) is 31.0 Å². The van der Waals surface area contributed by atoms with Crippen LogP contribution < -0.4 is 20.3 Å². The van der Waals surface area contributed by atoms with Crippen LogP contribution in [0.15, 0.2) is 48.7 Å². The van der Waals surface area contributed by atoms with Gasteiger partial charge in [0.2, 0.25) is 5.91 Å². The molecule has 3 heterocycles. The molecule has 1 aliphatic rings. The Kier molecular flexibility index (Phi) is 6.62. The summed E-state index contributed by atoms with van der Waals surface area (Å²) in [6, 6.07) is 13.3. The van der Waals surface area contributed by atoms with E-state index in [-0.39, 0.29) is 24.6 Å². The molecule has 3 N–H and O–H groups in total. The van der Waals surface area contributed by atoms with Gasteiger partial charge in [0.1, 0.15) is 12.4 Å². The van der Waals surface area contributed by atoms with E-state index in [1.54, 1.807) is 13.3 Å². The van der Waals surface area contributed by atoms with E-state index < -0.39 is 0 Å². The lowest BCUT2D eigenvalue weighted by Gasteiger charge is -2.28. The fourth-order valence-electron chi connectivity index (χ4n) is 4.26. The Balaban J connectivity index is 1.80. The van der Waals surface area contributed by atoms with Crippen LogP contribution in [0.5, 0.6) is 5.75 Å². The molecule has 172 valence electrons. The van der Waals surface area contributed by atoms with Crippen LogP contribution in [0.3, 0.4) is 0 Å². The van der Waals surface area contributed by atoms with Crippen molar-refractivity contribution in [3.05, 3.63) is 71.3 Å². The van der Waals surface area contributed by atoms with Gasteiger partial charge in [-0.1, -0.05) is 6.07 Å². The van der Waals surface area contributed by atoms with E-state index >= 15 is 0 Å². The van der Waals surface area contributed by atoms with Gasteiger partial charge in [-0.05, 0) is 68.0 Å². The number of methoxy groups -OCH3 is 2. The predicted molar refractivity (Wildman–Crippen MR) is 132 cm³/mol. The molecular weight excluding hydrogens is 438 g/mol. The summed E-state index contributed by atoms with van der Waals surface area (Å²) in [5.41, 5.74) is 5.52. The van der Waals surface area contributed by atoms with Crippen LogP contribution >= 0.6 is 12.2 Å². The van der Waals surface area contributed by atoms with Gasteiger partial charge in [-0.3, -0.25) is 9.78 Å². The largest absolute Gasteiger partial charge is 0.495 e. The first-order valence-electron chi connectivity index (χ1n) is 10.6. The highest BCUT2D eigenvalue weighted by atomic mass is 32.1. The first-order valence-corrected chi connectivity index (χ1v) is 11.0. The van der Waals surface area contributed by atoms with Crippen molar-refractivity contribution in [3.63, 3.8) is 0 Å². The molecule has 1 aromatic carbocycles. The number of anilines is 2. The second kappa shape index (κ2) is 9.60. The van der Waals surface area contributed by atoms with Crippen LogP contribution in [0.2, 0.25) is 0 Å². The van der Waals surface area contributed by atoms with Gasteiger partial charge in [0.25, 0.3) is 0 Å². The summed E-state index contributed by atoms with van der Waals surface area (Å²) >= 11 is 5.80. The van der Waals surface area contributed by atoms with Crippen LogP contribution in [-0.2, 0) is 9.53 Å². The molecule has 0 unspecified atom stereocenters. The van der Waals surface area contributed by atoms with E-state index in [0.29, 0.717) is 16.5 Å². The Morgan fingerprint density at radius 1 is 1.21 bits per heavy atom. The number of hydrogen-bond acceptors (Lipinski definition) is 5. The minimum absolute atomic E-state index is 0.0523. The molecule has 0 saturated carbocycles. The first-order chi connectivity index (χ1) is 15.9. The molecule has 0 aliphatic carbocycles. The standard InChI is InChI=1S/C24H27N5O3S/c1-14-11-17(15(2)26-14)23-22(18-7-5-6-10-25-18)28-24(33)29(23)16-8-9-20(32-4)19(12-16)27-21(30)13-31-3/h5-12,22-23,26H,13H2,1-4H3,(H,27,30)(H,28,33)/t22-,23-/m1/s1. The van der Waals surface area contributed by atoms with E-state index in [0.717, 1.165) is 28.3 Å². The highest BCUT2D eigenvalue weighted by molar-refractivity contribution is 7.80. The van der Waals surface area contributed by atoms with Crippen molar-refractivity contribution in [1.29, 1.82) is 0 Å². The molecule has 33 heavy (non-hydrogen) atoms. The van der Waals surface area contributed by atoms with Crippen LogP contribution in [0.4, 0.5) is 11.4 Å². The Bertz CT molecular complexity index is 1160. The van der Waals surface area contributed by atoms with Gasteiger partial charge in [0.15, 0.2) is 5.11 Å². The number of thiocarbonyl (C=S) groups is 1. The average molecular weight is 466 g/mol. The molecule has 0 spiro atoms. The Morgan fingerprint density at radius 2 is 2.03 bits per heavy atom. The van der Waals surface area contributed by atoms with Crippen molar-refractivity contribution >= 4 is 34.6 Å². The molecule has 8 nitrogen and oxygen atoms in total. The number of H-pyrrole nitrogens is 1. The molecule has 1 amide bonds. The van der Waals surface area contributed by atoms with E-state index in [1.807, 2.05) is 43.3 Å². The summed E-state index contributed by atoms with van der Waals surface area (Å²) in [6.07, 6.45) is 1.78. The Morgan fingerprint density at radius 3 is 2.67 bits per heavy atom. The van der Waals surface area contributed by atoms with Gasteiger partial charge in [0.05, 0.1) is 30.6 Å². The summed E-state index contributed by atoms with van der Waals surface area (Å²) in [6.45, 7) is 4.04. The molecule has 0 bridgehead atoms. The highest BCUT2D eigenvalue weighted by Crippen LogP contribution is 2.44. The number of nitrogens with one attached hydrogen (secondary N) is 3. The van der Waals surface area contributed by atoms with Crippen LogP contribution in [0.1, 0.15) is 34.7 Å². The van der Waals surface area contributed by atoms with Crippen molar-refractivity contribution in [1.82, 2.24) is 15.3 Å². The fourth-order valence-corrected chi connectivity index (χ4v) is 4.61. The van der Waals surface area contributed by atoms with Crippen molar-refractivity contribution in [2.45, 2.75) is 25.9 Å². The number of rotatable bonds is 7. The maximum atomic E-state index is 12.2. The molecule has 1 saturated heterocycles. The van der Waals surface area contributed by atoms with E-state index in [2.05, 4.69) is 38.5 Å². The van der Waals surface area contributed by atoms with Crippen LogP contribution in [0.25, 0.3) is 0 Å². The van der Waals surface area contributed by atoms with Crippen molar-refractivity contribution in [2.24, 2.45) is 0 Å². The van der Waals surface area contributed by atoms with E-state index in [4.69, 9.17) is 21.7 Å². The second-order valence-corrected chi connectivity index (χ2v) is 8.28. The number of hydrogen-bond donors (Lipinski definition) is 3. The molecule has 9 heteroatoms. The first kappa shape index (κ1) is 22.8. The van der Waals surface area contributed by atoms with Crippen LogP contribution in [-0.4, -0.2) is 41.8 Å². The smallest absolute Gasteiger partial charge is 0.250 e. The molecule has 0 radical (unpaired) electrons. The zero-order valence-corrected chi connectivity index (χ0v) is 19.8. The lowest BCUT2D eigenvalue weighted by Crippen LogP contribution is -2.29. The zero-order valence-electron chi connectivity index (χ0n) is 19.0. The number of amides is 1. The predicted octanol–water partition coefficient (Wildman–Crippen LogP) is 3.80. The molecule has 1 aliphatic heterocycles. The number of nitrogens with zero attached hydrogens (tertiary/aromatic N) is 2. The van der Waals surface area contributed by atoms with Crippen LogP contribution in [0, 0.1) is 13.8 Å². The minimum Gasteiger partial charge on any atom is -0.495 e.